The van der Waals surface area contributed by atoms with Gasteiger partial charge in [0.25, 0.3) is 0 Å². The summed E-state index contributed by atoms with van der Waals surface area (Å²) in [4.78, 5) is 18.4. The molecule has 1 saturated heterocycles. The van der Waals surface area contributed by atoms with Gasteiger partial charge in [0.2, 0.25) is 5.91 Å². The van der Waals surface area contributed by atoms with Crippen LogP contribution in [0.1, 0.15) is 31.7 Å². The Morgan fingerprint density at radius 1 is 1.50 bits per heavy atom. The van der Waals surface area contributed by atoms with Crippen molar-refractivity contribution in [1.29, 1.82) is 0 Å². The van der Waals surface area contributed by atoms with Crippen LogP contribution < -0.4 is 11.1 Å². The van der Waals surface area contributed by atoms with Gasteiger partial charge >= 0.3 is 0 Å². The van der Waals surface area contributed by atoms with E-state index >= 15 is 0 Å². The van der Waals surface area contributed by atoms with E-state index in [0.29, 0.717) is 29.9 Å². The highest BCUT2D eigenvalue weighted by Crippen LogP contribution is 2.23. The van der Waals surface area contributed by atoms with Crippen LogP contribution in [0.25, 0.3) is 0 Å². The van der Waals surface area contributed by atoms with E-state index in [1.807, 2.05) is 19.1 Å². The fourth-order valence-electron chi connectivity index (χ4n) is 2.73. The molecule has 0 aromatic heterocycles. The molecule has 134 valence electrons. The van der Waals surface area contributed by atoms with Crippen LogP contribution in [0.3, 0.4) is 0 Å². The molecule has 1 atom stereocenters. The molecule has 1 aliphatic heterocycles. The Kier molecular flexibility index (Phi) is 8.83. The molecule has 1 aromatic carbocycles. The Balaban J connectivity index is 0.00000288. The van der Waals surface area contributed by atoms with Crippen LogP contribution in [0.4, 0.5) is 5.69 Å². The predicted molar refractivity (Wildman–Crippen MR) is 111 cm³/mol. The van der Waals surface area contributed by atoms with Gasteiger partial charge < -0.3 is 16.0 Å². The van der Waals surface area contributed by atoms with Crippen LogP contribution in [0, 0.1) is 12.8 Å². The van der Waals surface area contributed by atoms with Crippen LogP contribution in [-0.4, -0.2) is 36.4 Å². The molecule has 24 heavy (non-hydrogen) atoms. The molecule has 1 heterocycles. The summed E-state index contributed by atoms with van der Waals surface area (Å²) in [6.45, 7) is 6.39. The lowest BCUT2D eigenvalue weighted by molar-refractivity contribution is -0.116. The SMILES string of the molecule is Cc1c(Cl)cccc1NC(=O)CCN=C(N)N1CCCC(C)C1.I. The van der Waals surface area contributed by atoms with Gasteiger partial charge in [-0.3, -0.25) is 9.79 Å². The number of likely N-dealkylation sites (tertiary alicyclic amines) is 1. The highest BCUT2D eigenvalue weighted by atomic mass is 127. The summed E-state index contributed by atoms with van der Waals surface area (Å²) in [5.74, 6) is 1.11. The largest absolute Gasteiger partial charge is 0.370 e. The average Bonchev–Trinajstić information content (AvgIpc) is 2.52. The van der Waals surface area contributed by atoms with Gasteiger partial charge in [0.05, 0.1) is 6.54 Å². The lowest BCUT2D eigenvalue weighted by Crippen LogP contribution is -2.43. The van der Waals surface area contributed by atoms with E-state index in [1.54, 1.807) is 6.07 Å². The molecule has 1 aliphatic rings. The standard InChI is InChI=1S/C17H25ClN4O.HI/c1-12-5-4-10-22(11-12)17(19)20-9-8-16(23)21-15-7-3-6-14(18)13(15)2;/h3,6-7,12H,4-5,8-11H2,1-2H3,(H2,19,20)(H,21,23);1H. The van der Waals surface area contributed by atoms with E-state index in [-0.39, 0.29) is 29.9 Å². The Hall–Kier alpha value is -1.02. The van der Waals surface area contributed by atoms with Crippen LogP contribution in [0.15, 0.2) is 23.2 Å². The third kappa shape index (κ3) is 6.12. The van der Waals surface area contributed by atoms with Gasteiger partial charge in [-0.15, -0.1) is 24.0 Å². The summed E-state index contributed by atoms with van der Waals surface area (Å²) in [6, 6.07) is 5.46. The van der Waals surface area contributed by atoms with Gasteiger partial charge in [-0.25, -0.2) is 0 Å². The summed E-state index contributed by atoms with van der Waals surface area (Å²) in [6.07, 6.45) is 2.69. The summed E-state index contributed by atoms with van der Waals surface area (Å²) in [5.41, 5.74) is 7.63. The van der Waals surface area contributed by atoms with Gasteiger partial charge in [-0.2, -0.15) is 0 Å². The minimum absolute atomic E-state index is 0. The number of piperidine rings is 1. The first-order valence-electron chi connectivity index (χ1n) is 8.07. The highest BCUT2D eigenvalue weighted by Gasteiger charge is 2.17. The number of rotatable bonds is 4. The molecule has 5 nitrogen and oxygen atoms in total. The zero-order chi connectivity index (χ0) is 16.8. The molecule has 0 saturated carbocycles. The fourth-order valence-corrected chi connectivity index (χ4v) is 2.90. The first-order valence-corrected chi connectivity index (χ1v) is 8.45. The number of hydrogen-bond donors (Lipinski definition) is 2. The number of nitrogens with two attached hydrogens (primary N) is 1. The summed E-state index contributed by atoms with van der Waals surface area (Å²) >= 11 is 6.05. The quantitative estimate of drug-likeness (QED) is 0.406. The van der Waals surface area contributed by atoms with Crippen LogP contribution >= 0.6 is 35.6 Å². The molecule has 0 spiro atoms. The molecule has 0 bridgehead atoms. The van der Waals surface area contributed by atoms with Gasteiger partial charge in [-0.05, 0) is 43.4 Å². The highest BCUT2D eigenvalue weighted by molar-refractivity contribution is 14.0. The smallest absolute Gasteiger partial charge is 0.226 e. The predicted octanol–water partition coefficient (Wildman–Crippen LogP) is 3.64. The zero-order valence-corrected chi connectivity index (χ0v) is 17.3. The molecule has 0 aliphatic carbocycles. The van der Waals surface area contributed by atoms with Crippen molar-refractivity contribution in [2.24, 2.45) is 16.6 Å². The fraction of sp³-hybridized carbons (Fsp3) is 0.529. The number of amides is 1. The van der Waals surface area contributed by atoms with Crippen LogP contribution in [-0.2, 0) is 4.79 Å². The van der Waals surface area contributed by atoms with Crippen molar-refractivity contribution in [1.82, 2.24) is 4.90 Å². The molecule has 3 N–H and O–H groups in total. The monoisotopic (exact) mass is 464 g/mol. The minimum Gasteiger partial charge on any atom is -0.370 e. The first kappa shape index (κ1) is 21.0. The summed E-state index contributed by atoms with van der Waals surface area (Å²) in [7, 11) is 0. The number of aliphatic imine (C=N–C) groups is 1. The van der Waals surface area contributed by atoms with Crippen LogP contribution in [0.2, 0.25) is 5.02 Å². The van der Waals surface area contributed by atoms with Crippen molar-refractivity contribution in [2.45, 2.75) is 33.1 Å². The second-order valence-electron chi connectivity index (χ2n) is 6.14. The maximum atomic E-state index is 12.0. The minimum atomic E-state index is -0.0843. The van der Waals surface area contributed by atoms with E-state index in [9.17, 15) is 4.79 Å². The molecule has 7 heteroatoms. The van der Waals surface area contributed by atoms with Crippen LogP contribution in [0.5, 0.6) is 0 Å². The number of anilines is 1. The number of carbonyl (C=O) groups is 1. The topological polar surface area (TPSA) is 70.7 Å². The first-order chi connectivity index (χ1) is 11.0. The van der Waals surface area contributed by atoms with Crippen molar-refractivity contribution in [3.05, 3.63) is 28.8 Å². The summed E-state index contributed by atoms with van der Waals surface area (Å²) in [5, 5.41) is 3.51. The number of hydrogen-bond acceptors (Lipinski definition) is 2. The maximum absolute atomic E-state index is 12.0. The summed E-state index contributed by atoms with van der Waals surface area (Å²) < 4.78 is 0. The maximum Gasteiger partial charge on any atom is 0.226 e. The van der Waals surface area contributed by atoms with Crippen molar-refractivity contribution < 1.29 is 4.79 Å². The van der Waals surface area contributed by atoms with E-state index in [4.69, 9.17) is 17.3 Å². The number of benzene rings is 1. The number of nitrogens with one attached hydrogen (secondary N) is 1. The Morgan fingerprint density at radius 3 is 2.96 bits per heavy atom. The van der Waals surface area contributed by atoms with E-state index in [1.165, 1.54) is 6.42 Å². The molecule has 1 amide bonds. The van der Waals surface area contributed by atoms with Crippen molar-refractivity contribution >= 4 is 53.1 Å². The number of nitrogens with zero attached hydrogens (tertiary/aromatic N) is 2. The molecule has 1 aromatic rings. The molecule has 0 radical (unpaired) electrons. The number of halogens is 2. The van der Waals surface area contributed by atoms with Crippen molar-refractivity contribution in [2.75, 3.05) is 25.0 Å². The zero-order valence-electron chi connectivity index (χ0n) is 14.2. The Morgan fingerprint density at radius 2 is 2.25 bits per heavy atom. The van der Waals surface area contributed by atoms with Gasteiger partial charge in [0.1, 0.15) is 0 Å². The van der Waals surface area contributed by atoms with E-state index in [2.05, 4.69) is 22.1 Å². The van der Waals surface area contributed by atoms with Crippen molar-refractivity contribution in [3.63, 3.8) is 0 Å². The Bertz CT molecular complexity index is 594. The lowest BCUT2D eigenvalue weighted by Gasteiger charge is -2.31. The van der Waals surface area contributed by atoms with Gasteiger partial charge in [0.15, 0.2) is 5.96 Å². The molecule has 1 unspecified atom stereocenters. The third-order valence-electron chi connectivity index (χ3n) is 4.14. The van der Waals surface area contributed by atoms with Gasteiger partial charge in [-0.1, -0.05) is 24.6 Å². The second-order valence-corrected chi connectivity index (χ2v) is 6.55. The molecular formula is C17H26ClIN4O. The second kappa shape index (κ2) is 10.1. The van der Waals surface area contributed by atoms with Crippen molar-refractivity contribution in [3.8, 4) is 0 Å². The third-order valence-corrected chi connectivity index (χ3v) is 4.54. The normalized spacial score (nSPS) is 18.0. The lowest BCUT2D eigenvalue weighted by atomic mass is 10.0. The Labute approximate surface area is 166 Å². The molecule has 1 fully saturated rings. The number of carbonyl (C=O) groups excluding carboxylic acids is 1. The molecule has 2 rings (SSSR count). The van der Waals surface area contributed by atoms with E-state index < -0.39 is 0 Å². The molecular weight excluding hydrogens is 439 g/mol. The number of guanidine groups is 1. The van der Waals surface area contributed by atoms with E-state index in [0.717, 1.165) is 30.8 Å². The van der Waals surface area contributed by atoms with Gasteiger partial charge in [0, 0.05) is 30.2 Å². The average molecular weight is 465 g/mol.